The smallest absolute Gasteiger partial charge is 0.198 e. The molecule has 1 aromatic rings. The lowest BCUT2D eigenvalue weighted by Crippen LogP contribution is -2.28. The average molecular weight is 257 g/mol. The summed E-state index contributed by atoms with van der Waals surface area (Å²) < 4.78 is 0.682. The molecule has 0 unspecified atom stereocenters. The molecule has 1 N–H and O–H groups in total. The van der Waals surface area contributed by atoms with E-state index in [2.05, 4.69) is 31.2 Å². The monoisotopic (exact) mass is 256 g/mol. The molecule has 0 aliphatic carbocycles. The molecule has 2 heterocycles. The maximum absolute atomic E-state index is 4.40. The SMILES string of the molecule is CN(C)c1nc(Br)nc2c1CNCC2. The number of rotatable bonds is 1. The molecule has 0 spiro atoms. The molecule has 0 saturated carbocycles. The topological polar surface area (TPSA) is 41.1 Å². The molecule has 1 aliphatic rings. The van der Waals surface area contributed by atoms with Gasteiger partial charge < -0.3 is 10.2 Å². The number of nitrogens with zero attached hydrogens (tertiary/aromatic N) is 3. The average Bonchev–Trinajstić information content (AvgIpc) is 2.16. The second-order valence-electron chi connectivity index (χ2n) is 3.56. The summed E-state index contributed by atoms with van der Waals surface area (Å²) in [7, 11) is 4.01. The summed E-state index contributed by atoms with van der Waals surface area (Å²) in [6, 6.07) is 0. The van der Waals surface area contributed by atoms with E-state index in [1.54, 1.807) is 0 Å². The van der Waals surface area contributed by atoms with E-state index in [0.717, 1.165) is 31.0 Å². The van der Waals surface area contributed by atoms with Gasteiger partial charge in [0.05, 0.1) is 5.69 Å². The Kier molecular flexibility index (Phi) is 2.69. The maximum atomic E-state index is 4.40. The van der Waals surface area contributed by atoms with Crippen molar-refractivity contribution in [1.29, 1.82) is 0 Å². The molecule has 2 rings (SSSR count). The molecule has 0 radical (unpaired) electrons. The standard InChI is InChI=1S/C9H13BrN4/c1-14(2)8-6-5-11-4-3-7(6)12-9(10)13-8/h11H,3-5H2,1-2H3. The number of anilines is 1. The van der Waals surface area contributed by atoms with Gasteiger partial charge in [0.2, 0.25) is 0 Å². The Labute approximate surface area is 91.9 Å². The second-order valence-corrected chi connectivity index (χ2v) is 4.27. The molecule has 0 saturated heterocycles. The highest BCUT2D eigenvalue weighted by Gasteiger charge is 2.17. The van der Waals surface area contributed by atoms with Gasteiger partial charge in [0, 0.05) is 39.2 Å². The fourth-order valence-electron chi connectivity index (χ4n) is 1.67. The summed E-state index contributed by atoms with van der Waals surface area (Å²) in [5.41, 5.74) is 2.39. The number of halogens is 1. The van der Waals surface area contributed by atoms with Crippen LogP contribution in [0.5, 0.6) is 0 Å². The fraction of sp³-hybridized carbons (Fsp3) is 0.556. The molecule has 14 heavy (non-hydrogen) atoms. The van der Waals surface area contributed by atoms with E-state index in [1.807, 2.05) is 19.0 Å². The molecule has 4 nitrogen and oxygen atoms in total. The Morgan fingerprint density at radius 3 is 2.86 bits per heavy atom. The minimum atomic E-state index is 0.682. The number of hydrogen-bond acceptors (Lipinski definition) is 4. The lowest BCUT2D eigenvalue weighted by molar-refractivity contribution is 0.622. The van der Waals surface area contributed by atoms with Crippen LogP contribution in [0.25, 0.3) is 0 Å². The van der Waals surface area contributed by atoms with Crippen LogP contribution >= 0.6 is 15.9 Å². The lowest BCUT2D eigenvalue weighted by Gasteiger charge is -2.22. The van der Waals surface area contributed by atoms with Gasteiger partial charge in [-0.05, 0) is 15.9 Å². The number of aromatic nitrogens is 2. The maximum Gasteiger partial charge on any atom is 0.198 e. The van der Waals surface area contributed by atoms with E-state index in [4.69, 9.17) is 0 Å². The molecule has 0 bridgehead atoms. The molecule has 0 fully saturated rings. The van der Waals surface area contributed by atoms with Crippen LogP contribution in [-0.4, -0.2) is 30.6 Å². The number of nitrogens with one attached hydrogen (secondary N) is 1. The Morgan fingerprint density at radius 1 is 1.36 bits per heavy atom. The normalized spacial score (nSPS) is 15.1. The summed E-state index contributed by atoms with van der Waals surface area (Å²) in [4.78, 5) is 10.8. The van der Waals surface area contributed by atoms with E-state index in [-0.39, 0.29) is 0 Å². The highest BCUT2D eigenvalue weighted by molar-refractivity contribution is 9.10. The van der Waals surface area contributed by atoms with E-state index in [0.29, 0.717) is 4.73 Å². The molecule has 76 valence electrons. The van der Waals surface area contributed by atoms with Crippen LogP contribution in [0.3, 0.4) is 0 Å². The second kappa shape index (κ2) is 3.82. The summed E-state index contributed by atoms with van der Waals surface area (Å²) in [6.45, 7) is 1.87. The minimum Gasteiger partial charge on any atom is -0.362 e. The molecular weight excluding hydrogens is 244 g/mol. The van der Waals surface area contributed by atoms with Gasteiger partial charge in [0.1, 0.15) is 5.82 Å². The molecular formula is C9H13BrN4. The molecule has 0 atom stereocenters. The first-order valence-electron chi connectivity index (χ1n) is 4.62. The highest BCUT2D eigenvalue weighted by atomic mass is 79.9. The minimum absolute atomic E-state index is 0.682. The van der Waals surface area contributed by atoms with Crippen molar-refractivity contribution in [3.8, 4) is 0 Å². The quantitative estimate of drug-likeness (QED) is 0.760. The van der Waals surface area contributed by atoms with Crippen LogP contribution in [-0.2, 0) is 13.0 Å². The van der Waals surface area contributed by atoms with Gasteiger partial charge in [0.25, 0.3) is 0 Å². The van der Waals surface area contributed by atoms with Gasteiger partial charge in [-0.25, -0.2) is 9.97 Å². The zero-order chi connectivity index (χ0) is 10.1. The van der Waals surface area contributed by atoms with Crippen molar-refractivity contribution in [1.82, 2.24) is 15.3 Å². The van der Waals surface area contributed by atoms with Crippen molar-refractivity contribution in [3.05, 3.63) is 16.0 Å². The zero-order valence-corrected chi connectivity index (χ0v) is 9.93. The van der Waals surface area contributed by atoms with Gasteiger partial charge in [-0.3, -0.25) is 0 Å². The third-order valence-corrected chi connectivity index (χ3v) is 2.66. The third kappa shape index (κ3) is 1.74. The first-order chi connectivity index (χ1) is 6.68. The summed E-state index contributed by atoms with van der Waals surface area (Å²) in [5.74, 6) is 1.01. The zero-order valence-electron chi connectivity index (χ0n) is 8.34. The van der Waals surface area contributed by atoms with Gasteiger partial charge >= 0.3 is 0 Å². The van der Waals surface area contributed by atoms with Gasteiger partial charge in [-0.15, -0.1) is 0 Å². The molecule has 1 aromatic heterocycles. The van der Waals surface area contributed by atoms with Gasteiger partial charge in [-0.2, -0.15) is 0 Å². The van der Waals surface area contributed by atoms with Crippen molar-refractivity contribution < 1.29 is 0 Å². The van der Waals surface area contributed by atoms with Crippen LogP contribution in [0.1, 0.15) is 11.3 Å². The Morgan fingerprint density at radius 2 is 2.14 bits per heavy atom. The van der Waals surface area contributed by atoms with Crippen LogP contribution in [0, 0.1) is 0 Å². The largest absolute Gasteiger partial charge is 0.362 e. The Hall–Kier alpha value is -0.680. The van der Waals surface area contributed by atoms with Crippen molar-refractivity contribution in [2.45, 2.75) is 13.0 Å². The van der Waals surface area contributed by atoms with E-state index >= 15 is 0 Å². The predicted molar refractivity (Wildman–Crippen MR) is 59.5 cm³/mol. The van der Waals surface area contributed by atoms with Crippen LogP contribution in [0.15, 0.2) is 4.73 Å². The number of fused-ring (bicyclic) bond motifs is 1. The van der Waals surface area contributed by atoms with Crippen LogP contribution < -0.4 is 10.2 Å². The van der Waals surface area contributed by atoms with Crippen molar-refractivity contribution in [2.75, 3.05) is 25.5 Å². The first-order valence-corrected chi connectivity index (χ1v) is 5.41. The van der Waals surface area contributed by atoms with Gasteiger partial charge in [-0.1, -0.05) is 0 Å². The van der Waals surface area contributed by atoms with Crippen LogP contribution in [0.2, 0.25) is 0 Å². The predicted octanol–water partition coefficient (Wildman–Crippen LogP) is 0.951. The molecule has 5 heteroatoms. The Balaban J connectivity index is 2.52. The summed E-state index contributed by atoms with van der Waals surface area (Å²) in [6.07, 6.45) is 0.983. The molecule has 0 amide bonds. The van der Waals surface area contributed by atoms with Crippen molar-refractivity contribution in [2.24, 2.45) is 0 Å². The molecule has 0 aromatic carbocycles. The van der Waals surface area contributed by atoms with E-state index < -0.39 is 0 Å². The Bertz CT molecular complexity index is 351. The molecule has 1 aliphatic heterocycles. The van der Waals surface area contributed by atoms with Crippen molar-refractivity contribution in [3.63, 3.8) is 0 Å². The van der Waals surface area contributed by atoms with Gasteiger partial charge in [0.15, 0.2) is 4.73 Å². The first kappa shape index (κ1) is 9.86. The summed E-state index contributed by atoms with van der Waals surface area (Å²) >= 11 is 3.34. The van der Waals surface area contributed by atoms with E-state index in [9.17, 15) is 0 Å². The van der Waals surface area contributed by atoms with E-state index in [1.165, 1.54) is 5.56 Å². The highest BCUT2D eigenvalue weighted by Crippen LogP contribution is 2.23. The van der Waals surface area contributed by atoms with Crippen LogP contribution in [0.4, 0.5) is 5.82 Å². The lowest BCUT2D eigenvalue weighted by atomic mass is 10.1. The summed E-state index contributed by atoms with van der Waals surface area (Å²) in [5, 5.41) is 3.33. The number of hydrogen-bond donors (Lipinski definition) is 1. The third-order valence-electron chi connectivity index (χ3n) is 2.31. The fourth-order valence-corrected chi connectivity index (χ4v) is 2.05. The van der Waals surface area contributed by atoms with Crippen molar-refractivity contribution >= 4 is 21.7 Å².